The summed E-state index contributed by atoms with van der Waals surface area (Å²) in [5, 5.41) is 8.96. The fourth-order valence-electron chi connectivity index (χ4n) is 1.57. The van der Waals surface area contributed by atoms with Crippen LogP contribution in [0.1, 0.15) is 5.56 Å². The highest BCUT2D eigenvalue weighted by atomic mass is 79.9. The molecule has 0 aliphatic heterocycles. The van der Waals surface area contributed by atoms with Crippen LogP contribution in [-0.2, 0) is 10.0 Å². The number of nitrogens with one attached hydrogen (secondary N) is 1. The molecule has 108 valence electrons. The zero-order valence-electron chi connectivity index (χ0n) is 10.5. The van der Waals surface area contributed by atoms with Gasteiger partial charge in [0.25, 0.3) is 10.0 Å². The Morgan fingerprint density at radius 1 is 1.24 bits per heavy atom. The fraction of sp³-hybridized carbons (Fsp3) is 0. The fourth-order valence-corrected chi connectivity index (χ4v) is 3.13. The van der Waals surface area contributed by atoms with Crippen LogP contribution in [0.15, 0.2) is 45.8 Å². The zero-order valence-corrected chi connectivity index (χ0v) is 13.6. The van der Waals surface area contributed by atoms with Crippen molar-refractivity contribution < 1.29 is 8.42 Å². The molecule has 3 N–H and O–H groups in total. The highest BCUT2D eigenvalue weighted by molar-refractivity contribution is 9.10. The number of nitriles is 1. The molecule has 2 rings (SSSR count). The summed E-state index contributed by atoms with van der Waals surface area (Å²) in [6.45, 7) is 0. The number of sulfonamides is 1. The summed E-state index contributed by atoms with van der Waals surface area (Å²) in [7, 11) is -3.78. The average Bonchev–Trinajstić information content (AvgIpc) is 2.41. The molecule has 0 spiro atoms. The third-order valence-corrected chi connectivity index (χ3v) is 5.03. The molecule has 0 aliphatic rings. The topological polar surface area (TPSA) is 96.0 Å². The maximum absolute atomic E-state index is 12.2. The maximum Gasteiger partial charge on any atom is 0.261 e. The van der Waals surface area contributed by atoms with E-state index in [2.05, 4.69) is 20.7 Å². The highest BCUT2D eigenvalue weighted by Crippen LogP contribution is 2.26. The van der Waals surface area contributed by atoms with E-state index in [4.69, 9.17) is 22.6 Å². The van der Waals surface area contributed by atoms with E-state index in [1.54, 1.807) is 6.07 Å². The molecular weight excluding hydrogens is 378 g/mol. The Balaban J connectivity index is 2.35. The van der Waals surface area contributed by atoms with Crippen molar-refractivity contribution in [2.24, 2.45) is 0 Å². The van der Waals surface area contributed by atoms with E-state index in [1.807, 2.05) is 6.07 Å². The summed E-state index contributed by atoms with van der Waals surface area (Å²) >= 11 is 9.07. The van der Waals surface area contributed by atoms with Crippen molar-refractivity contribution in [3.8, 4) is 6.07 Å². The standard InChI is InChI=1S/C13H9BrClN3O2S/c14-11-4-3-10(6-13(11)17)21(19,20)18-9-2-1-8(7-16)12(15)5-9/h1-6,18H,17H2. The molecule has 21 heavy (non-hydrogen) atoms. The van der Waals surface area contributed by atoms with Gasteiger partial charge >= 0.3 is 0 Å². The molecule has 0 fully saturated rings. The van der Waals surface area contributed by atoms with Gasteiger partial charge in [-0.15, -0.1) is 0 Å². The van der Waals surface area contributed by atoms with Crippen LogP contribution in [0.4, 0.5) is 11.4 Å². The number of nitrogen functional groups attached to an aromatic ring is 1. The van der Waals surface area contributed by atoms with Gasteiger partial charge in [-0.2, -0.15) is 5.26 Å². The predicted molar refractivity (Wildman–Crippen MR) is 85.5 cm³/mol. The number of hydrogen-bond donors (Lipinski definition) is 2. The lowest BCUT2D eigenvalue weighted by Gasteiger charge is -2.10. The second-order valence-electron chi connectivity index (χ2n) is 4.10. The van der Waals surface area contributed by atoms with Gasteiger partial charge in [0.15, 0.2) is 0 Å². The van der Waals surface area contributed by atoms with E-state index in [0.29, 0.717) is 10.2 Å². The molecule has 0 amide bonds. The number of hydrogen-bond acceptors (Lipinski definition) is 4. The van der Waals surface area contributed by atoms with E-state index in [1.165, 1.54) is 30.3 Å². The van der Waals surface area contributed by atoms with Gasteiger partial charge in [0.2, 0.25) is 0 Å². The third-order valence-electron chi connectivity index (χ3n) is 2.62. The van der Waals surface area contributed by atoms with Crippen LogP contribution < -0.4 is 10.5 Å². The Hall–Kier alpha value is -1.75. The van der Waals surface area contributed by atoms with Crippen molar-refractivity contribution in [1.29, 1.82) is 5.26 Å². The normalized spacial score (nSPS) is 10.9. The van der Waals surface area contributed by atoms with Gasteiger partial charge in [0.05, 0.1) is 21.2 Å². The van der Waals surface area contributed by atoms with Gasteiger partial charge in [-0.3, -0.25) is 4.72 Å². The molecule has 0 unspecified atom stereocenters. The number of halogens is 2. The number of nitrogens with two attached hydrogens (primary N) is 1. The maximum atomic E-state index is 12.2. The van der Waals surface area contributed by atoms with Crippen molar-refractivity contribution in [2.75, 3.05) is 10.5 Å². The van der Waals surface area contributed by atoms with Crippen LogP contribution in [0.2, 0.25) is 5.02 Å². The highest BCUT2D eigenvalue weighted by Gasteiger charge is 2.16. The molecule has 0 atom stereocenters. The Labute approximate surface area is 135 Å². The van der Waals surface area contributed by atoms with E-state index in [0.717, 1.165) is 0 Å². The lowest BCUT2D eigenvalue weighted by molar-refractivity contribution is 0.601. The largest absolute Gasteiger partial charge is 0.398 e. The second kappa shape index (κ2) is 5.93. The van der Waals surface area contributed by atoms with Crippen molar-refractivity contribution in [3.05, 3.63) is 51.5 Å². The molecule has 2 aromatic rings. The van der Waals surface area contributed by atoms with Crippen LogP contribution in [0.25, 0.3) is 0 Å². The van der Waals surface area contributed by atoms with E-state index in [-0.39, 0.29) is 21.2 Å². The summed E-state index contributed by atoms with van der Waals surface area (Å²) in [6, 6.07) is 10.5. The summed E-state index contributed by atoms with van der Waals surface area (Å²) in [6.07, 6.45) is 0. The lowest BCUT2D eigenvalue weighted by atomic mass is 10.2. The Kier molecular flexibility index (Phi) is 4.42. The minimum Gasteiger partial charge on any atom is -0.398 e. The summed E-state index contributed by atoms with van der Waals surface area (Å²) < 4.78 is 27.5. The molecule has 5 nitrogen and oxygen atoms in total. The van der Waals surface area contributed by atoms with Gasteiger partial charge in [-0.25, -0.2) is 8.42 Å². The molecule has 2 aromatic carbocycles. The first kappa shape index (κ1) is 15.6. The molecule has 0 saturated heterocycles. The van der Waals surface area contributed by atoms with Crippen molar-refractivity contribution in [3.63, 3.8) is 0 Å². The van der Waals surface area contributed by atoms with Crippen molar-refractivity contribution in [1.82, 2.24) is 0 Å². The number of anilines is 2. The van der Waals surface area contributed by atoms with Gasteiger partial charge in [0, 0.05) is 10.2 Å². The molecule has 0 radical (unpaired) electrons. The monoisotopic (exact) mass is 385 g/mol. The van der Waals surface area contributed by atoms with Crippen LogP contribution in [0.3, 0.4) is 0 Å². The Morgan fingerprint density at radius 3 is 2.52 bits per heavy atom. The van der Waals surface area contributed by atoms with E-state index in [9.17, 15) is 8.42 Å². The summed E-state index contributed by atoms with van der Waals surface area (Å²) in [4.78, 5) is 0.0312. The van der Waals surface area contributed by atoms with Gasteiger partial charge in [-0.05, 0) is 52.3 Å². The van der Waals surface area contributed by atoms with Crippen LogP contribution in [0, 0.1) is 11.3 Å². The average molecular weight is 387 g/mol. The molecule has 0 aliphatic carbocycles. The number of benzene rings is 2. The van der Waals surface area contributed by atoms with Gasteiger partial charge in [-0.1, -0.05) is 11.6 Å². The third kappa shape index (κ3) is 3.47. The quantitative estimate of drug-likeness (QED) is 0.791. The number of nitrogens with zero attached hydrogens (tertiary/aromatic N) is 1. The molecule has 0 heterocycles. The minimum atomic E-state index is -3.78. The molecule has 0 bridgehead atoms. The first-order valence-electron chi connectivity index (χ1n) is 5.61. The van der Waals surface area contributed by atoms with Crippen molar-refractivity contribution >= 4 is 48.9 Å². The predicted octanol–water partition coefficient (Wildman–Crippen LogP) is 3.36. The van der Waals surface area contributed by atoms with Crippen LogP contribution in [0.5, 0.6) is 0 Å². The molecule has 0 aromatic heterocycles. The van der Waals surface area contributed by atoms with Gasteiger partial charge < -0.3 is 5.73 Å². The number of rotatable bonds is 3. The Bertz CT molecular complexity index is 847. The first-order chi connectivity index (χ1) is 9.83. The molecular formula is C13H9BrClN3O2S. The zero-order chi connectivity index (χ0) is 15.6. The van der Waals surface area contributed by atoms with Crippen LogP contribution in [-0.4, -0.2) is 8.42 Å². The molecule has 8 heteroatoms. The van der Waals surface area contributed by atoms with E-state index >= 15 is 0 Å². The van der Waals surface area contributed by atoms with Gasteiger partial charge in [0.1, 0.15) is 6.07 Å². The second-order valence-corrected chi connectivity index (χ2v) is 7.04. The summed E-state index contributed by atoms with van der Waals surface area (Å²) in [5.41, 5.74) is 6.53. The van der Waals surface area contributed by atoms with E-state index < -0.39 is 10.0 Å². The summed E-state index contributed by atoms with van der Waals surface area (Å²) in [5.74, 6) is 0. The first-order valence-corrected chi connectivity index (χ1v) is 8.26. The van der Waals surface area contributed by atoms with Crippen molar-refractivity contribution in [2.45, 2.75) is 4.90 Å². The lowest BCUT2D eigenvalue weighted by Crippen LogP contribution is -2.13. The van der Waals surface area contributed by atoms with Crippen LogP contribution >= 0.6 is 27.5 Å². The molecule has 0 saturated carbocycles. The minimum absolute atomic E-state index is 0.0312. The smallest absolute Gasteiger partial charge is 0.261 e. The SMILES string of the molecule is N#Cc1ccc(NS(=O)(=O)c2ccc(Br)c(N)c2)cc1Cl. The Morgan fingerprint density at radius 2 is 1.95 bits per heavy atom.